The number of ether oxygens (including phenoxy) is 2. The first-order valence-electron chi connectivity index (χ1n) is 16.1. The lowest BCUT2D eigenvalue weighted by atomic mass is 10.0. The van der Waals surface area contributed by atoms with E-state index in [1.165, 1.54) is 11.3 Å². The Morgan fingerprint density at radius 3 is 2.60 bits per heavy atom. The molecule has 2 aliphatic heterocycles. The fourth-order valence-electron chi connectivity index (χ4n) is 5.68. The van der Waals surface area contributed by atoms with Crippen molar-refractivity contribution in [3.8, 4) is 5.19 Å². The number of hydrogen-bond acceptors (Lipinski definition) is 12. The molecule has 1 saturated heterocycles. The normalized spacial score (nSPS) is 17.8. The summed E-state index contributed by atoms with van der Waals surface area (Å²) in [5.74, 6) is -1.19. The Bertz CT molecular complexity index is 1700. The number of thiazole rings is 1. The van der Waals surface area contributed by atoms with Crippen molar-refractivity contribution < 1.29 is 32.6 Å². The molecule has 0 bridgehead atoms. The van der Waals surface area contributed by atoms with Crippen LogP contribution in [0.5, 0.6) is 5.19 Å². The largest absolute Gasteiger partial charge is 0.481 e. The van der Waals surface area contributed by atoms with Gasteiger partial charge in [-0.1, -0.05) is 30.7 Å². The second kappa shape index (κ2) is 15.1. The highest BCUT2D eigenvalue weighted by molar-refractivity contribution is 7.92. The predicted molar refractivity (Wildman–Crippen MR) is 181 cm³/mol. The van der Waals surface area contributed by atoms with Crippen LogP contribution in [0.2, 0.25) is 0 Å². The van der Waals surface area contributed by atoms with Crippen molar-refractivity contribution in [3.05, 3.63) is 47.8 Å². The van der Waals surface area contributed by atoms with Gasteiger partial charge in [-0.3, -0.25) is 14.9 Å². The van der Waals surface area contributed by atoms with Gasteiger partial charge in [0.2, 0.25) is 5.95 Å². The molecule has 1 aromatic carbocycles. The molecule has 0 radical (unpaired) electrons. The molecule has 47 heavy (non-hydrogen) atoms. The third kappa shape index (κ3) is 9.48. The summed E-state index contributed by atoms with van der Waals surface area (Å²) in [6.45, 7) is 7.54. The van der Waals surface area contributed by atoms with E-state index in [0.717, 1.165) is 71.6 Å². The number of fused-ring (bicyclic) bond motifs is 1. The van der Waals surface area contributed by atoms with Crippen LogP contribution in [-0.4, -0.2) is 82.9 Å². The molecule has 0 amide bonds. The average Bonchev–Trinajstić information content (AvgIpc) is 3.45. The Morgan fingerprint density at radius 1 is 1.15 bits per heavy atom. The van der Waals surface area contributed by atoms with E-state index in [9.17, 15) is 18.0 Å². The number of esters is 1. The summed E-state index contributed by atoms with van der Waals surface area (Å²) in [5.41, 5.74) is 2.83. The number of carbonyl (C=O) groups is 2. The SMILES string of the molecule is CCCc1cnc(N2CCC(Oc3nc4ccc(C5=CC(S(=O)(=O)CCC(C)(C)OC(=O)CCC(=O)O)NCC5)cc4s3)CC2)nc1. The molecule has 2 aliphatic rings. The van der Waals surface area contributed by atoms with Gasteiger partial charge in [0.15, 0.2) is 9.84 Å². The number of nitrogens with zero attached hydrogens (tertiary/aromatic N) is 4. The maximum Gasteiger partial charge on any atom is 0.306 e. The molecule has 1 unspecified atom stereocenters. The minimum absolute atomic E-state index is 0.0574. The summed E-state index contributed by atoms with van der Waals surface area (Å²) >= 11 is 1.49. The molecule has 4 heterocycles. The first-order chi connectivity index (χ1) is 22.4. The van der Waals surface area contributed by atoms with Crippen molar-refractivity contribution >= 4 is 54.9 Å². The standard InChI is InChI=1S/C33H43N5O7S2/c1-4-5-22-20-35-31(36-21-22)38-15-11-25(12-16-38)44-32-37-26-7-6-23(18-27(26)46-32)24-10-14-34-28(19-24)47(42,43)17-13-33(2,3)45-30(41)9-8-29(39)40/h6-7,18-21,25,28,34H,4-5,8-17H2,1-3H3,(H,39,40). The number of piperidine rings is 1. The van der Waals surface area contributed by atoms with Gasteiger partial charge >= 0.3 is 11.9 Å². The van der Waals surface area contributed by atoms with Gasteiger partial charge in [0, 0.05) is 51.3 Å². The molecule has 14 heteroatoms. The molecule has 0 aliphatic carbocycles. The van der Waals surface area contributed by atoms with Crippen molar-refractivity contribution in [3.63, 3.8) is 0 Å². The minimum Gasteiger partial charge on any atom is -0.481 e. The van der Waals surface area contributed by atoms with E-state index < -0.39 is 32.8 Å². The lowest BCUT2D eigenvalue weighted by molar-refractivity contribution is -0.158. The molecule has 2 N–H and O–H groups in total. The second-order valence-electron chi connectivity index (χ2n) is 12.7. The molecule has 0 saturated carbocycles. The van der Waals surface area contributed by atoms with Gasteiger partial charge in [0.25, 0.3) is 5.19 Å². The number of carboxylic acids is 1. The second-order valence-corrected chi connectivity index (χ2v) is 15.9. The van der Waals surface area contributed by atoms with Crippen LogP contribution in [0.1, 0.15) is 76.8 Å². The van der Waals surface area contributed by atoms with E-state index >= 15 is 0 Å². The zero-order valence-electron chi connectivity index (χ0n) is 27.1. The molecule has 254 valence electrons. The van der Waals surface area contributed by atoms with E-state index in [0.29, 0.717) is 18.2 Å². The molecule has 0 spiro atoms. The number of nitrogens with one attached hydrogen (secondary N) is 1. The lowest BCUT2D eigenvalue weighted by Crippen LogP contribution is -2.41. The lowest BCUT2D eigenvalue weighted by Gasteiger charge is -2.31. The fourth-order valence-corrected chi connectivity index (χ4v) is 8.37. The van der Waals surface area contributed by atoms with Crippen molar-refractivity contribution in [1.29, 1.82) is 0 Å². The Morgan fingerprint density at radius 2 is 1.89 bits per heavy atom. The number of aliphatic carboxylic acids is 1. The van der Waals surface area contributed by atoms with E-state index in [1.807, 2.05) is 30.6 Å². The quantitative estimate of drug-likeness (QED) is 0.224. The van der Waals surface area contributed by atoms with E-state index in [1.54, 1.807) is 19.9 Å². The van der Waals surface area contributed by atoms with Crippen molar-refractivity contribution in [2.45, 2.75) is 89.2 Å². The maximum atomic E-state index is 13.3. The zero-order chi connectivity index (χ0) is 33.6. The first kappa shape index (κ1) is 34.7. The van der Waals surface area contributed by atoms with Crippen molar-refractivity contribution in [1.82, 2.24) is 20.3 Å². The third-order valence-electron chi connectivity index (χ3n) is 8.36. The van der Waals surface area contributed by atoms with Crippen LogP contribution in [0, 0.1) is 0 Å². The summed E-state index contributed by atoms with van der Waals surface area (Å²) in [5, 5.41) is 11.6. The van der Waals surface area contributed by atoms with Crippen LogP contribution in [-0.2, 0) is 30.6 Å². The molecule has 12 nitrogen and oxygen atoms in total. The summed E-state index contributed by atoms with van der Waals surface area (Å²) in [6.07, 6.45) is 9.58. The Kier molecular flexibility index (Phi) is 11.1. The van der Waals surface area contributed by atoms with Gasteiger partial charge in [0.1, 0.15) is 17.1 Å². The van der Waals surface area contributed by atoms with Gasteiger partial charge in [-0.15, -0.1) is 0 Å². The third-order valence-corrected chi connectivity index (χ3v) is 11.1. The number of benzene rings is 1. The number of anilines is 1. The monoisotopic (exact) mass is 685 g/mol. The Labute approximate surface area is 279 Å². The average molecular weight is 686 g/mol. The van der Waals surface area contributed by atoms with E-state index in [-0.39, 0.29) is 31.1 Å². The number of carbonyl (C=O) groups excluding carboxylic acids is 1. The molecular formula is C33H43N5O7S2. The number of sulfone groups is 1. The maximum absolute atomic E-state index is 13.3. The Balaban J connectivity index is 1.17. The highest BCUT2D eigenvalue weighted by atomic mass is 32.2. The van der Waals surface area contributed by atoms with E-state index in [2.05, 4.69) is 27.1 Å². The molecule has 3 aromatic rings. The molecule has 1 fully saturated rings. The fraction of sp³-hybridized carbons (Fsp3) is 0.545. The molecule has 2 aromatic heterocycles. The first-order valence-corrected chi connectivity index (χ1v) is 18.7. The topological polar surface area (TPSA) is 161 Å². The predicted octanol–water partition coefficient (Wildman–Crippen LogP) is 4.78. The van der Waals surface area contributed by atoms with Crippen LogP contribution in [0.4, 0.5) is 5.95 Å². The highest BCUT2D eigenvalue weighted by Gasteiger charge is 2.31. The molecule has 5 rings (SSSR count). The molecule has 1 atom stereocenters. The molecular weight excluding hydrogens is 643 g/mol. The van der Waals surface area contributed by atoms with Crippen molar-refractivity contribution in [2.24, 2.45) is 0 Å². The minimum atomic E-state index is -3.61. The van der Waals surface area contributed by atoms with Crippen LogP contribution in [0.15, 0.2) is 36.7 Å². The van der Waals surface area contributed by atoms with Gasteiger partial charge in [-0.25, -0.2) is 23.4 Å². The highest BCUT2D eigenvalue weighted by Crippen LogP contribution is 2.34. The van der Waals surface area contributed by atoms with Gasteiger partial charge in [0.05, 0.1) is 28.8 Å². The van der Waals surface area contributed by atoms with Crippen LogP contribution in [0.3, 0.4) is 0 Å². The zero-order valence-corrected chi connectivity index (χ0v) is 28.7. The van der Waals surface area contributed by atoms with Crippen molar-refractivity contribution in [2.75, 3.05) is 30.3 Å². The van der Waals surface area contributed by atoms with Gasteiger partial charge in [-0.2, -0.15) is 0 Å². The Hall–Kier alpha value is -3.62. The van der Waals surface area contributed by atoms with Crippen LogP contribution < -0.4 is 15.0 Å². The van der Waals surface area contributed by atoms with Crippen LogP contribution >= 0.6 is 11.3 Å². The summed E-state index contributed by atoms with van der Waals surface area (Å²) < 4.78 is 39.2. The number of rotatable bonds is 14. The summed E-state index contributed by atoms with van der Waals surface area (Å²) in [4.78, 5) is 38.7. The summed E-state index contributed by atoms with van der Waals surface area (Å²) in [6, 6.07) is 5.96. The smallest absolute Gasteiger partial charge is 0.306 e. The van der Waals surface area contributed by atoms with Gasteiger partial charge < -0.3 is 19.5 Å². The number of carboxylic acid groups (broad SMARTS) is 1. The van der Waals surface area contributed by atoms with E-state index in [4.69, 9.17) is 19.6 Å². The summed E-state index contributed by atoms with van der Waals surface area (Å²) in [7, 11) is -3.61. The van der Waals surface area contributed by atoms with Crippen LogP contribution in [0.25, 0.3) is 15.8 Å². The number of hydrogen-bond donors (Lipinski definition) is 2. The van der Waals surface area contributed by atoms with Gasteiger partial charge in [-0.05, 0) is 61.6 Å². The number of aryl methyl sites for hydroxylation is 1. The number of aromatic nitrogens is 3.